The molecule has 1 aromatic heterocycles. The van der Waals surface area contributed by atoms with Gasteiger partial charge in [-0.1, -0.05) is 32.9 Å². The van der Waals surface area contributed by atoms with Crippen LogP contribution in [0.15, 0.2) is 4.52 Å². The summed E-state index contributed by atoms with van der Waals surface area (Å²) in [7, 11) is 0. The van der Waals surface area contributed by atoms with E-state index in [1.807, 2.05) is 0 Å². The Kier molecular flexibility index (Phi) is 6.33. The van der Waals surface area contributed by atoms with Crippen molar-refractivity contribution in [3.63, 3.8) is 0 Å². The Bertz CT molecular complexity index is 336. The summed E-state index contributed by atoms with van der Waals surface area (Å²) in [4.78, 5) is 4.54. The van der Waals surface area contributed by atoms with Crippen molar-refractivity contribution in [3.05, 3.63) is 11.7 Å². The Labute approximate surface area is 111 Å². The molecule has 0 fully saturated rings. The van der Waals surface area contributed by atoms with Gasteiger partial charge in [-0.2, -0.15) is 4.98 Å². The van der Waals surface area contributed by atoms with E-state index in [4.69, 9.17) is 4.52 Å². The molecule has 1 heterocycles. The minimum atomic E-state index is 0.310. The van der Waals surface area contributed by atoms with Crippen molar-refractivity contribution in [2.75, 3.05) is 6.54 Å². The van der Waals surface area contributed by atoms with Crippen LogP contribution >= 0.6 is 0 Å². The standard InChI is InChI=1S/C14H27N3O/c1-6-12(11(5)15-7-2)14-16-13(17-18-14)9-8-10(3)4/h10-12,15H,6-9H2,1-5H3. The molecule has 0 aromatic carbocycles. The lowest BCUT2D eigenvalue weighted by atomic mass is 9.98. The van der Waals surface area contributed by atoms with Crippen LogP contribution in [0.1, 0.15) is 65.1 Å². The molecule has 0 saturated heterocycles. The molecule has 0 aliphatic heterocycles. The Balaban J connectivity index is 2.64. The van der Waals surface area contributed by atoms with Gasteiger partial charge in [0.15, 0.2) is 5.82 Å². The molecule has 0 saturated carbocycles. The van der Waals surface area contributed by atoms with Gasteiger partial charge in [0.05, 0.1) is 5.92 Å². The number of aromatic nitrogens is 2. The van der Waals surface area contributed by atoms with Crippen molar-refractivity contribution in [1.29, 1.82) is 0 Å². The first-order valence-electron chi connectivity index (χ1n) is 7.14. The summed E-state index contributed by atoms with van der Waals surface area (Å²) in [5, 5.41) is 7.51. The third-order valence-corrected chi connectivity index (χ3v) is 3.32. The Morgan fingerprint density at radius 3 is 2.50 bits per heavy atom. The predicted molar refractivity (Wildman–Crippen MR) is 73.6 cm³/mol. The number of nitrogens with one attached hydrogen (secondary N) is 1. The third kappa shape index (κ3) is 4.41. The van der Waals surface area contributed by atoms with Gasteiger partial charge in [-0.05, 0) is 32.2 Å². The number of aryl methyl sites for hydroxylation is 1. The highest BCUT2D eigenvalue weighted by Gasteiger charge is 2.22. The SMILES string of the molecule is CCNC(C)C(CC)c1nc(CCC(C)C)no1. The lowest BCUT2D eigenvalue weighted by molar-refractivity contribution is 0.315. The summed E-state index contributed by atoms with van der Waals surface area (Å²) in [5.41, 5.74) is 0. The zero-order valence-corrected chi connectivity index (χ0v) is 12.4. The minimum Gasteiger partial charge on any atom is -0.339 e. The van der Waals surface area contributed by atoms with E-state index in [0.29, 0.717) is 17.9 Å². The van der Waals surface area contributed by atoms with Gasteiger partial charge in [0, 0.05) is 12.5 Å². The third-order valence-electron chi connectivity index (χ3n) is 3.32. The van der Waals surface area contributed by atoms with Gasteiger partial charge >= 0.3 is 0 Å². The molecule has 0 aliphatic carbocycles. The van der Waals surface area contributed by atoms with E-state index in [0.717, 1.165) is 37.5 Å². The Hall–Kier alpha value is -0.900. The maximum atomic E-state index is 5.42. The number of rotatable bonds is 8. The van der Waals surface area contributed by atoms with Gasteiger partial charge in [-0.3, -0.25) is 0 Å². The number of likely N-dealkylation sites (N-methyl/N-ethyl adjacent to an activating group) is 1. The maximum Gasteiger partial charge on any atom is 0.231 e. The van der Waals surface area contributed by atoms with Crippen molar-refractivity contribution < 1.29 is 4.52 Å². The van der Waals surface area contributed by atoms with E-state index in [-0.39, 0.29) is 0 Å². The molecule has 4 heteroatoms. The first-order chi connectivity index (χ1) is 8.58. The molecule has 4 nitrogen and oxygen atoms in total. The quantitative estimate of drug-likeness (QED) is 0.773. The molecule has 18 heavy (non-hydrogen) atoms. The second kappa shape index (κ2) is 7.52. The van der Waals surface area contributed by atoms with Crippen LogP contribution in [0.25, 0.3) is 0 Å². The first kappa shape index (κ1) is 15.2. The van der Waals surface area contributed by atoms with E-state index in [2.05, 4.69) is 50.1 Å². The molecule has 1 N–H and O–H groups in total. The number of nitrogens with zero attached hydrogens (tertiary/aromatic N) is 2. The van der Waals surface area contributed by atoms with E-state index in [1.54, 1.807) is 0 Å². The molecule has 0 bridgehead atoms. The van der Waals surface area contributed by atoms with Crippen molar-refractivity contribution in [2.24, 2.45) is 5.92 Å². The van der Waals surface area contributed by atoms with Crippen LogP contribution in [-0.2, 0) is 6.42 Å². The second-order valence-corrected chi connectivity index (χ2v) is 5.34. The van der Waals surface area contributed by atoms with Gasteiger partial charge in [0.1, 0.15) is 0 Å². The zero-order chi connectivity index (χ0) is 13.5. The van der Waals surface area contributed by atoms with Crippen LogP contribution in [0.2, 0.25) is 0 Å². The fourth-order valence-corrected chi connectivity index (χ4v) is 2.14. The van der Waals surface area contributed by atoms with Crippen molar-refractivity contribution >= 4 is 0 Å². The molecule has 0 radical (unpaired) electrons. The van der Waals surface area contributed by atoms with Crippen LogP contribution in [0, 0.1) is 5.92 Å². The summed E-state index contributed by atoms with van der Waals surface area (Å²) in [5.74, 6) is 2.62. The average molecular weight is 253 g/mol. The highest BCUT2D eigenvalue weighted by Crippen LogP contribution is 2.22. The number of hydrogen-bond acceptors (Lipinski definition) is 4. The molecule has 1 aromatic rings. The maximum absolute atomic E-state index is 5.42. The summed E-state index contributed by atoms with van der Waals surface area (Å²) in [6.07, 6.45) is 3.03. The second-order valence-electron chi connectivity index (χ2n) is 5.34. The molecule has 2 atom stereocenters. The van der Waals surface area contributed by atoms with Crippen LogP contribution < -0.4 is 5.32 Å². The molecule has 1 rings (SSSR count). The van der Waals surface area contributed by atoms with E-state index in [9.17, 15) is 0 Å². The smallest absolute Gasteiger partial charge is 0.231 e. The van der Waals surface area contributed by atoms with E-state index in [1.165, 1.54) is 0 Å². The monoisotopic (exact) mass is 253 g/mol. The highest BCUT2D eigenvalue weighted by molar-refractivity contribution is 4.98. The zero-order valence-electron chi connectivity index (χ0n) is 12.4. The molecule has 0 spiro atoms. The van der Waals surface area contributed by atoms with Crippen molar-refractivity contribution in [1.82, 2.24) is 15.5 Å². The van der Waals surface area contributed by atoms with Crippen molar-refractivity contribution in [3.8, 4) is 0 Å². The molecule has 0 amide bonds. The summed E-state index contributed by atoms with van der Waals surface area (Å²) in [6.45, 7) is 11.8. The lowest BCUT2D eigenvalue weighted by Gasteiger charge is -2.19. The van der Waals surface area contributed by atoms with Crippen LogP contribution in [0.5, 0.6) is 0 Å². The van der Waals surface area contributed by atoms with Gasteiger partial charge in [0.25, 0.3) is 0 Å². The molecular weight excluding hydrogens is 226 g/mol. The summed E-state index contributed by atoms with van der Waals surface area (Å²) in [6, 6.07) is 0.374. The van der Waals surface area contributed by atoms with Crippen molar-refractivity contribution in [2.45, 2.75) is 65.8 Å². The first-order valence-corrected chi connectivity index (χ1v) is 7.14. The lowest BCUT2D eigenvalue weighted by Crippen LogP contribution is -2.31. The normalized spacial score (nSPS) is 15.0. The summed E-state index contributed by atoms with van der Waals surface area (Å²) >= 11 is 0. The minimum absolute atomic E-state index is 0.310. The fraction of sp³-hybridized carbons (Fsp3) is 0.857. The Morgan fingerprint density at radius 1 is 1.22 bits per heavy atom. The van der Waals surface area contributed by atoms with E-state index >= 15 is 0 Å². The molecule has 0 aliphatic rings. The fourth-order valence-electron chi connectivity index (χ4n) is 2.14. The Morgan fingerprint density at radius 2 is 1.94 bits per heavy atom. The van der Waals surface area contributed by atoms with E-state index < -0.39 is 0 Å². The van der Waals surface area contributed by atoms with Gasteiger partial charge in [0.2, 0.25) is 5.89 Å². The molecule has 2 unspecified atom stereocenters. The van der Waals surface area contributed by atoms with Gasteiger partial charge in [-0.15, -0.1) is 0 Å². The molecular formula is C14H27N3O. The molecule has 104 valence electrons. The van der Waals surface area contributed by atoms with Crippen LogP contribution in [0.3, 0.4) is 0 Å². The number of hydrogen-bond donors (Lipinski definition) is 1. The van der Waals surface area contributed by atoms with Crippen LogP contribution in [0.4, 0.5) is 0 Å². The van der Waals surface area contributed by atoms with Gasteiger partial charge in [-0.25, -0.2) is 0 Å². The highest BCUT2D eigenvalue weighted by atomic mass is 16.5. The topological polar surface area (TPSA) is 51.0 Å². The predicted octanol–water partition coefficient (Wildman–Crippen LogP) is 3.15. The average Bonchev–Trinajstić information content (AvgIpc) is 2.76. The van der Waals surface area contributed by atoms with Gasteiger partial charge < -0.3 is 9.84 Å². The largest absolute Gasteiger partial charge is 0.339 e. The van der Waals surface area contributed by atoms with Crippen LogP contribution in [-0.4, -0.2) is 22.7 Å². The summed E-state index contributed by atoms with van der Waals surface area (Å²) < 4.78 is 5.42.